The van der Waals surface area contributed by atoms with Crippen LogP contribution in [0, 0.1) is 0 Å². The number of rotatable bonds is 28. The summed E-state index contributed by atoms with van der Waals surface area (Å²) in [7, 11) is 0. The Morgan fingerprint density at radius 2 is 0.891 bits per heavy atom. The lowest BCUT2D eigenvalue weighted by atomic mass is 9.96. The van der Waals surface area contributed by atoms with Gasteiger partial charge in [0.05, 0.1) is 0 Å². The molecule has 1 aliphatic rings. The third kappa shape index (κ3) is 22.2. The first-order valence-electron chi connectivity index (χ1n) is 19.5. The fourth-order valence-electron chi connectivity index (χ4n) is 6.20. The van der Waals surface area contributed by atoms with E-state index in [0.717, 1.165) is 31.2 Å². The highest BCUT2D eigenvalue weighted by atomic mass is 16.3. The topological polar surface area (TPSA) is 74.6 Å². The molecule has 4 heteroatoms. The van der Waals surface area contributed by atoms with Gasteiger partial charge in [-0.25, -0.2) is 0 Å². The van der Waals surface area contributed by atoms with Crippen molar-refractivity contribution in [3.8, 4) is 11.5 Å². The van der Waals surface area contributed by atoms with Crippen molar-refractivity contribution in [2.75, 3.05) is 0 Å². The second-order valence-corrected chi connectivity index (χ2v) is 13.5. The second kappa shape index (κ2) is 30.0. The van der Waals surface area contributed by atoms with Crippen LogP contribution in [0.5, 0.6) is 11.5 Å². The molecule has 1 aliphatic carbocycles. The first-order valence-corrected chi connectivity index (χ1v) is 19.5. The van der Waals surface area contributed by atoms with Gasteiger partial charge in [0.25, 0.3) is 0 Å². The van der Waals surface area contributed by atoms with Gasteiger partial charge in [0.1, 0.15) is 0 Å². The monoisotopic (exact) mass is 639 g/mol. The smallest absolute Gasteiger partial charge is 0.228 e. The third-order valence-corrected chi connectivity index (χ3v) is 9.26. The zero-order valence-electron chi connectivity index (χ0n) is 30.0. The Hall–Kier alpha value is -2.36. The Balaban J connectivity index is 0.000000460. The SMILES string of the molecule is CCCCCCCCCCCCCCCC1=CC=CC(=O)C1=O.CCCCCCCCCCCCCCCc1cccc(O)c1O. The van der Waals surface area contributed by atoms with E-state index < -0.39 is 0 Å². The van der Waals surface area contributed by atoms with Crippen LogP contribution in [0.2, 0.25) is 0 Å². The lowest BCUT2D eigenvalue weighted by Gasteiger charge is -2.07. The van der Waals surface area contributed by atoms with Crippen molar-refractivity contribution in [3.05, 3.63) is 47.6 Å². The molecule has 0 bridgehead atoms. The number of unbranched alkanes of at least 4 members (excludes halogenated alkanes) is 24. The van der Waals surface area contributed by atoms with Gasteiger partial charge < -0.3 is 10.2 Å². The molecule has 0 unspecified atom stereocenters. The largest absolute Gasteiger partial charge is 0.504 e. The molecule has 0 radical (unpaired) electrons. The molecule has 0 amide bonds. The summed E-state index contributed by atoms with van der Waals surface area (Å²) in [6, 6.07) is 5.23. The van der Waals surface area contributed by atoms with Gasteiger partial charge in [-0.05, 0) is 43.4 Å². The number of phenolic OH excluding ortho intramolecular Hbond substituents is 2. The van der Waals surface area contributed by atoms with Crippen LogP contribution in [0.25, 0.3) is 0 Å². The standard InChI is InChI=1S/C21H36O2.C21H34O2/c2*1-2-3-4-5-6-7-8-9-10-11-12-13-14-16-19-17-15-18-20(22)21(19)23/h15,17-18,22-23H,2-14,16H2,1H3;15,17-18H,2-14,16H2,1H3. The lowest BCUT2D eigenvalue weighted by molar-refractivity contribution is -0.131. The van der Waals surface area contributed by atoms with Crippen LogP contribution in [0.4, 0.5) is 0 Å². The molecule has 46 heavy (non-hydrogen) atoms. The van der Waals surface area contributed by atoms with E-state index in [1.165, 1.54) is 166 Å². The van der Waals surface area contributed by atoms with Gasteiger partial charge in [0.15, 0.2) is 11.5 Å². The highest BCUT2D eigenvalue weighted by molar-refractivity contribution is 6.48. The van der Waals surface area contributed by atoms with E-state index in [-0.39, 0.29) is 23.1 Å². The van der Waals surface area contributed by atoms with E-state index in [2.05, 4.69) is 13.8 Å². The van der Waals surface area contributed by atoms with E-state index >= 15 is 0 Å². The lowest BCUT2D eigenvalue weighted by Crippen LogP contribution is -2.16. The number of ketones is 2. The maximum Gasteiger partial charge on any atom is 0.228 e. The quantitative estimate of drug-likeness (QED) is 0.0414. The Kier molecular flexibility index (Phi) is 27.2. The zero-order valence-corrected chi connectivity index (χ0v) is 30.0. The number of phenols is 2. The summed E-state index contributed by atoms with van der Waals surface area (Å²) in [6.07, 6.45) is 41.2. The summed E-state index contributed by atoms with van der Waals surface area (Å²) in [5.41, 5.74) is 1.56. The van der Waals surface area contributed by atoms with Crippen LogP contribution in [0.15, 0.2) is 42.0 Å². The molecule has 0 saturated heterocycles. The molecular weight excluding hydrogens is 568 g/mol. The first-order chi connectivity index (χ1) is 22.5. The number of hydrogen-bond donors (Lipinski definition) is 2. The normalized spacial score (nSPS) is 12.7. The van der Waals surface area contributed by atoms with Crippen molar-refractivity contribution in [2.45, 2.75) is 194 Å². The fourth-order valence-corrected chi connectivity index (χ4v) is 6.20. The molecule has 262 valence electrons. The number of benzene rings is 1. The summed E-state index contributed by atoms with van der Waals surface area (Å²) >= 11 is 0. The maximum absolute atomic E-state index is 11.6. The number of hydrogen-bond acceptors (Lipinski definition) is 4. The van der Waals surface area contributed by atoms with E-state index in [1.807, 2.05) is 6.07 Å². The molecule has 1 aromatic carbocycles. The first kappa shape index (κ1) is 41.7. The Morgan fingerprint density at radius 3 is 1.33 bits per heavy atom. The van der Waals surface area contributed by atoms with Crippen LogP contribution in [0.1, 0.15) is 193 Å². The second-order valence-electron chi connectivity index (χ2n) is 13.5. The molecule has 2 rings (SSSR count). The summed E-state index contributed by atoms with van der Waals surface area (Å²) < 4.78 is 0. The van der Waals surface area contributed by atoms with Crippen molar-refractivity contribution in [2.24, 2.45) is 0 Å². The van der Waals surface area contributed by atoms with Crippen LogP contribution in [-0.4, -0.2) is 21.8 Å². The summed E-state index contributed by atoms with van der Waals surface area (Å²) in [5.74, 6) is -0.604. The molecule has 0 spiro atoms. The number of Topliss-reactive ketones (excluding diaryl/α,β-unsaturated/α-hetero) is 1. The summed E-state index contributed by atoms with van der Waals surface area (Å²) in [6.45, 7) is 4.53. The molecule has 0 heterocycles. The Bertz CT molecular complexity index is 960. The minimum Gasteiger partial charge on any atom is -0.504 e. The van der Waals surface area contributed by atoms with Crippen molar-refractivity contribution in [1.29, 1.82) is 0 Å². The van der Waals surface area contributed by atoms with E-state index in [0.29, 0.717) is 5.57 Å². The van der Waals surface area contributed by atoms with Crippen molar-refractivity contribution in [1.82, 2.24) is 0 Å². The van der Waals surface area contributed by atoms with Crippen LogP contribution < -0.4 is 0 Å². The number of carbonyl (C=O) groups is 2. The van der Waals surface area contributed by atoms with Crippen LogP contribution >= 0.6 is 0 Å². The van der Waals surface area contributed by atoms with E-state index in [9.17, 15) is 19.8 Å². The molecule has 0 fully saturated rings. The predicted molar refractivity (Wildman–Crippen MR) is 197 cm³/mol. The molecule has 0 atom stereocenters. The zero-order chi connectivity index (χ0) is 33.5. The predicted octanol–water partition coefficient (Wildman–Crippen LogP) is 12.8. The van der Waals surface area contributed by atoms with Gasteiger partial charge in [-0.15, -0.1) is 0 Å². The number of aromatic hydroxyl groups is 2. The highest BCUT2D eigenvalue weighted by Gasteiger charge is 2.17. The molecule has 1 aromatic rings. The average molecular weight is 639 g/mol. The highest BCUT2D eigenvalue weighted by Crippen LogP contribution is 2.29. The summed E-state index contributed by atoms with van der Waals surface area (Å²) in [5, 5.41) is 19.2. The van der Waals surface area contributed by atoms with Gasteiger partial charge in [0.2, 0.25) is 11.6 Å². The maximum atomic E-state index is 11.6. The van der Waals surface area contributed by atoms with Crippen molar-refractivity contribution >= 4 is 11.6 Å². The van der Waals surface area contributed by atoms with Gasteiger partial charge >= 0.3 is 0 Å². The molecule has 4 nitrogen and oxygen atoms in total. The molecule has 0 aromatic heterocycles. The van der Waals surface area contributed by atoms with Crippen molar-refractivity contribution < 1.29 is 19.8 Å². The third-order valence-electron chi connectivity index (χ3n) is 9.26. The van der Waals surface area contributed by atoms with Crippen LogP contribution in [-0.2, 0) is 16.0 Å². The molecule has 0 aliphatic heterocycles. The van der Waals surface area contributed by atoms with E-state index in [4.69, 9.17) is 0 Å². The minimum atomic E-state index is -0.364. The van der Waals surface area contributed by atoms with Gasteiger partial charge in [0, 0.05) is 5.57 Å². The Labute approximate surface area is 283 Å². The fraction of sp³-hybridized carbons (Fsp3) is 0.714. The number of para-hydroxylation sites is 1. The minimum absolute atomic E-state index is 0.00260. The van der Waals surface area contributed by atoms with E-state index in [1.54, 1.807) is 18.2 Å². The number of allylic oxidation sites excluding steroid dienone is 4. The Morgan fingerprint density at radius 1 is 0.500 bits per heavy atom. The molecule has 2 N–H and O–H groups in total. The number of carbonyl (C=O) groups excluding carboxylic acids is 2. The summed E-state index contributed by atoms with van der Waals surface area (Å²) in [4.78, 5) is 22.9. The number of aryl methyl sites for hydroxylation is 1. The molecular formula is C42H70O4. The average Bonchev–Trinajstić information content (AvgIpc) is 3.06. The van der Waals surface area contributed by atoms with Crippen molar-refractivity contribution in [3.63, 3.8) is 0 Å². The molecule has 0 saturated carbocycles. The van der Waals surface area contributed by atoms with Gasteiger partial charge in [-0.3, -0.25) is 9.59 Å². The van der Waals surface area contributed by atoms with Gasteiger partial charge in [-0.2, -0.15) is 0 Å². The van der Waals surface area contributed by atoms with Gasteiger partial charge in [-0.1, -0.05) is 192 Å². The van der Waals surface area contributed by atoms with Crippen LogP contribution in [0.3, 0.4) is 0 Å².